The van der Waals surface area contributed by atoms with Crippen molar-refractivity contribution >= 4 is 35.0 Å². The van der Waals surface area contributed by atoms with Gasteiger partial charge in [-0.3, -0.25) is 9.69 Å². The Morgan fingerprint density at radius 1 is 1.10 bits per heavy atom. The van der Waals surface area contributed by atoms with Crippen LogP contribution in [0.1, 0.15) is 23.9 Å². The van der Waals surface area contributed by atoms with E-state index < -0.39 is 6.09 Å². The highest BCUT2D eigenvalue weighted by molar-refractivity contribution is 6.31. The lowest BCUT2D eigenvalue weighted by Gasteiger charge is -2.15. The van der Waals surface area contributed by atoms with Gasteiger partial charge in [-0.15, -0.1) is 5.10 Å². The molecule has 1 aliphatic rings. The van der Waals surface area contributed by atoms with Gasteiger partial charge in [0.15, 0.2) is 5.15 Å². The molecule has 196 valence electrons. The van der Waals surface area contributed by atoms with E-state index in [1.807, 2.05) is 6.07 Å². The molecule has 11 nitrogen and oxygen atoms in total. The highest BCUT2D eigenvalue weighted by atomic mass is 35.5. The topological polar surface area (TPSA) is 135 Å². The number of aromatic amines is 1. The lowest BCUT2D eigenvalue weighted by molar-refractivity contribution is 0.203. The fourth-order valence-corrected chi connectivity index (χ4v) is 5.34. The fraction of sp³-hybridized carbons (Fsp3) is 0.154. The number of tetrazole rings is 1. The number of halogens is 2. The number of hydrogen-bond donors (Lipinski definition) is 2. The van der Waals surface area contributed by atoms with Gasteiger partial charge in [-0.2, -0.15) is 4.68 Å². The molecule has 1 unspecified atom stereocenters. The Bertz CT molecular complexity index is 1760. The first-order valence-electron chi connectivity index (χ1n) is 11.9. The Morgan fingerprint density at radius 3 is 2.62 bits per heavy atom. The summed E-state index contributed by atoms with van der Waals surface area (Å²) in [6, 6.07) is 15.5. The second kappa shape index (κ2) is 9.68. The molecule has 4 heterocycles. The minimum Gasteiger partial charge on any atom is -0.465 e. The van der Waals surface area contributed by atoms with Gasteiger partial charge in [0.05, 0.1) is 17.4 Å². The molecule has 2 N–H and O–H groups in total. The summed E-state index contributed by atoms with van der Waals surface area (Å²) in [5.74, 6) is 0.530. The van der Waals surface area contributed by atoms with Crippen LogP contribution >= 0.6 is 23.2 Å². The molecule has 13 heteroatoms. The smallest absolute Gasteiger partial charge is 0.411 e. The van der Waals surface area contributed by atoms with Crippen molar-refractivity contribution < 1.29 is 9.90 Å². The second-order valence-electron chi connectivity index (χ2n) is 9.09. The van der Waals surface area contributed by atoms with Crippen LogP contribution < -0.4 is 10.5 Å². The van der Waals surface area contributed by atoms with E-state index in [0.717, 1.165) is 21.7 Å². The molecule has 3 aromatic heterocycles. The van der Waals surface area contributed by atoms with E-state index in [2.05, 4.69) is 25.5 Å². The molecule has 1 aliphatic heterocycles. The molecular formula is C26H20Cl2N8O3. The van der Waals surface area contributed by atoms with E-state index in [1.165, 1.54) is 18.1 Å². The van der Waals surface area contributed by atoms with Gasteiger partial charge in [-0.05, 0) is 77.4 Å². The minimum absolute atomic E-state index is 0.180. The van der Waals surface area contributed by atoms with Gasteiger partial charge in [0.1, 0.15) is 12.2 Å². The van der Waals surface area contributed by atoms with E-state index in [9.17, 15) is 14.7 Å². The van der Waals surface area contributed by atoms with Crippen LogP contribution in [0.3, 0.4) is 0 Å². The van der Waals surface area contributed by atoms with Crippen LogP contribution in [0.15, 0.2) is 65.7 Å². The third-order valence-corrected chi connectivity index (χ3v) is 7.36. The Kier molecular flexibility index (Phi) is 6.16. The molecule has 5 aromatic rings. The molecule has 6 rings (SSSR count). The van der Waals surface area contributed by atoms with E-state index in [-0.39, 0.29) is 16.8 Å². The summed E-state index contributed by atoms with van der Waals surface area (Å²) in [4.78, 5) is 33.6. The van der Waals surface area contributed by atoms with Crippen molar-refractivity contribution in [1.82, 2.24) is 34.7 Å². The standard InChI is InChI=1S/C26H20Cl2N8O3/c1-34(26(38)39)17-5-2-14(3-6-17)25-30-23(24(28)31-25)21-9-7-18-10-15(11-22(37)36(18)21)19-12-16(27)4-8-20(19)35-13-29-32-33-35/h2-6,8,10-13,21H,7,9H2,1H3,(H,30,31)(H,38,39). The van der Waals surface area contributed by atoms with Crippen LogP contribution in [0.4, 0.5) is 10.5 Å². The largest absolute Gasteiger partial charge is 0.465 e. The van der Waals surface area contributed by atoms with Gasteiger partial charge < -0.3 is 14.7 Å². The molecule has 0 fully saturated rings. The summed E-state index contributed by atoms with van der Waals surface area (Å²) in [5, 5.41) is 21.4. The molecule has 0 aliphatic carbocycles. The SMILES string of the molecule is CN(C(=O)O)c1ccc(-c2nc(Cl)c(C3CCc4cc(-c5cc(Cl)ccc5-n5cnnn5)cc(=O)n43)[nH]2)cc1. The van der Waals surface area contributed by atoms with Crippen LogP contribution in [0.5, 0.6) is 0 Å². The maximum atomic E-state index is 13.5. The number of carbonyl (C=O) groups is 1. The zero-order valence-corrected chi connectivity index (χ0v) is 21.9. The summed E-state index contributed by atoms with van der Waals surface area (Å²) in [5.41, 5.74) is 4.73. The predicted octanol–water partition coefficient (Wildman–Crippen LogP) is 4.84. The number of anilines is 1. The number of carboxylic acid groups (broad SMARTS) is 1. The van der Waals surface area contributed by atoms with Crippen molar-refractivity contribution in [3.63, 3.8) is 0 Å². The molecule has 0 radical (unpaired) electrons. The Balaban J connectivity index is 1.35. The van der Waals surface area contributed by atoms with Crippen LogP contribution in [-0.2, 0) is 6.42 Å². The third-order valence-electron chi connectivity index (χ3n) is 6.83. The van der Waals surface area contributed by atoms with Crippen molar-refractivity contribution in [2.75, 3.05) is 11.9 Å². The summed E-state index contributed by atoms with van der Waals surface area (Å²) >= 11 is 12.9. The van der Waals surface area contributed by atoms with Crippen molar-refractivity contribution in [3.8, 4) is 28.2 Å². The Hall–Kier alpha value is -4.48. The number of rotatable bonds is 5. The lowest BCUT2D eigenvalue weighted by atomic mass is 10.0. The average Bonchev–Trinajstić information content (AvgIpc) is 3.68. The molecule has 1 amide bonds. The van der Waals surface area contributed by atoms with Gasteiger partial charge in [-0.25, -0.2) is 9.78 Å². The Labute approximate surface area is 231 Å². The van der Waals surface area contributed by atoms with Gasteiger partial charge in [-0.1, -0.05) is 23.2 Å². The van der Waals surface area contributed by atoms with Crippen LogP contribution in [0.25, 0.3) is 28.2 Å². The maximum absolute atomic E-state index is 13.5. The number of aryl methyl sites for hydroxylation is 1. The monoisotopic (exact) mass is 562 g/mol. The number of nitrogens with zero attached hydrogens (tertiary/aromatic N) is 7. The number of benzene rings is 2. The molecular weight excluding hydrogens is 543 g/mol. The number of amides is 1. The van der Waals surface area contributed by atoms with Crippen molar-refractivity contribution in [2.24, 2.45) is 0 Å². The first-order valence-corrected chi connectivity index (χ1v) is 12.7. The van der Waals surface area contributed by atoms with Gasteiger partial charge in [0, 0.05) is 40.6 Å². The number of imidazole rings is 1. The molecule has 0 bridgehead atoms. The number of aromatic nitrogens is 7. The lowest BCUT2D eigenvalue weighted by Crippen LogP contribution is -2.23. The predicted molar refractivity (Wildman–Crippen MR) is 146 cm³/mol. The summed E-state index contributed by atoms with van der Waals surface area (Å²) in [6.07, 6.45) is 1.76. The molecule has 0 saturated carbocycles. The number of pyridine rings is 1. The molecule has 1 atom stereocenters. The van der Waals surface area contributed by atoms with E-state index in [1.54, 1.807) is 53.1 Å². The molecule has 39 heavy (non-hydrogen) atoms. The highest BCUT2D eigenvalue weighted by Gasteiger charge is 2.29. The van der Waals surface area contributed by atoms with Crippen molar-refractivity contribution in [1.29, 1.82) is 0 Å². The first-order chi connectivity index (χ1) is 18.8. The highest BCUT2D eigenvalue weighted by Crippen LogP contribution is 2.37. The van der Waals surface area contributed by atoms with Crippen LogP contribution in [0, 0.1) is 0 Å². The van der Waals surface area contributed by atoms with Gasteiger partial charge in [0.25, 0.3) is 5.56 Å². The normalized spacial score (nSPS) is 14.4. The first kappa shape index (κ1) is 24.8. The van der Waals surface area contributed by atoms with Crippen molar-refractivity contribution in [2.45, 2.75) is 18.9 Å². The average molecular weight is 563 g/mol. The van der Waals surface area contributed by atoms with E-state index >= 15 is 0 Å². The Morgan fingerprint density at radius 2 is 1.90 bits per heavy atom. The fourth-order valence-electron chi connectivity index (χ4n) is 4.91. The minimum atomic E-state index is -1.05. The number of H-pyrrole nitrogens is 1. The number of nitrogens with one attached hydrogen (secondary N) is 1. The zero-order chi connectivity index (χ0) is 27.3. The maximum Gasteiger partial charge on any atom is 0.411 e. The molecule has 0 saturated heterocycles. The van der Waals surface area contributed by atoms with Crippen LogP contribution in [0.2, 0.25) is 10.2 Å². The number of fused-ring (bicyclic) bond motifs is 1. The molecule has 2 aromatic carbocycles. The van der Waals surface area contributed by atoms with Gasteiger partial charge >= 0.3 is 6.09 Å². The number of hydrogen-bond acceptors (Lipinski definition) is 6. The molecule has 0 spiro atoms. The van der Waals surface area contributed by atoms with Crippen molar-refractivity contribution in [3.05, 3.63) is 92.8 Å². The summed E-state index contributed by atoms with van der Waals surface area (Å²) < 4.78 is 3.26. The van der Waals surface area contributed by atoms with Gasteiger partial charge in [0.2, 0.25) is 0 Å². The second-order valence-corrected chi connectivity index (χ2v) is 9.89. The summed E-state index contributed by atoms with van der Waals surface area (Å²) in [7, 11) is 1.47. The quantitative estimate of drug-likeness (QED) is 0.313. The van der Waals surface area contributed by atoms with Crippen LogP contribution in [-0.4, -0.2) is 53.0 Å². The zero-order valence-electron chi connectivity index (χ0n) is 20.4. The van der Waals surface area contributed by atoms with E-state index in [0.29, 0.717) is 46.3 Å². The summed E-state index contributed by atoms with van der Waals surface area (Å²) in [6.45, 7) is 0. The van der Waals surface area contributed by atoms with E-state index in [4.69, 9.17) is 23.2 Å². The third kappa shape index (κ3) is 4.45.